The topological polar surface area (TPSA) is 12.0 Å². The molecule has 1 unspecified atom stereocenters. The maximum absolute atomic E-state index is 6.18. The molecule has 2 aromatic carbocycles. The van der Waals surface area contributed by atoms with E-state index in [1.165, 1.54) is 16.7 Å². The molecule has 1 nitrogen and oxygen atoms in total. The molecule has 0 aliphatic rings. The van der Waals surface area contributed by atoms with Crippen molar-refractivity contribution in [1.82, 2.24) is 5.32 Å². The first-order chi connectivity index (χ1) is 9.15. The summed E-state index contributed by atoms with van der Waals surface area (Å²) in [6.07, 6.45) is 1.06. The van der Waals surface area contributed by atoms with Crippen molar-refractivity contribution < 1.29 is 0 Å². The van der Waals surface area contributed by atoms with Crippen LogP contribution < -0.4 is 5.32 Å². The number of hydrogen-bond acceptors (Lipinski definition) is 1. The smallest absolute Gasteiger partial charge is 0.0574 e. The summed E-state index contributed by atoms with van der Waals surface area (Å²) < 4.78 is 0.925. The van der Waals surface area contributed by atoms with Crippen LogP contribution in [-0.2, 0) is 6.42 Å². The Morgan fingerprint density at radius 2 is 1.74 bits per heavy atom. The highest BCUT2D eigenvalue weighted by Crippen LogP contribution is 2.29. The Morgan fingerprint density at radius 1 is 1.11 bits per heavy atom. The van der Waals surface area contributed by atoms with Gasteiger partial charge in [0.2, 0.25) is 0 Å². The van der Waals surface area contributed by atoms with Crippen LogP contribution in [0.15, 0.2) is 46.9 Å². The van der Waals surface area contributed by atoms with Gasteiger partial charge in [-0.3, -0.25) is 0 Å². The van der Waals surface area contributed by atoms with E-state index in [4.69, 9.17) is 11.6 Å². The van der Waals surface area contributed by atoms with E-state index in [0.29, 0.717) is 0 Å². The lowest BCUT2D eigenvalue weighted by atomic mass is 9.97. The highest BCUT2D eigenvalue weighted by Gasteiger charge is 2.12. The fraction of sp³-hybridized carbons (Fsp3) is 0.250. The monoisotopic (exact) mass is 337 g/mol. The van der Waals surface area contributed by atoms with Crippen LogP contribution in [-0.4, -0.2) is 7.05 Å². The molecule has 0 spiro atoms. The normalized spacial score (nSPS) is 12.4. The van der Waals surface area contributed by atoms with Crippen LogP contribution in [0.1, 0.15) is 29.7 Å². The van der Waals surface area contributed by atoms with E-state index in [2.05, 4.69) is 58.5 Å². The molecule has 0 fully saturated rings. The van der Waals surface area contributed by atoms with Crippen LogP contribution in [0.3, 0.4) is 0 Å². The zero-order valence-electron chi connectivity index (χ0n) is 11.1. The standard InChI is InChI=1S/C16H17BrClN/c1-3-11-4-6-12(7-5-11)16(19-2)13-8-9-14(17)15(18)10-13/h4-10,16,19H,3H2,1-2H3. The van der Waals surface area contributed by atoms with Gasteiger partial charge in [0.05, 0.1) is 11.1 Å². The minimum absolute atomic E-state index is 0.163. The molecular formula is C16H17BrClN. The molecular weight excluding hydrogens is 322 g/mol. The molecule has 0 aromatic heterocycles. The zero-order valence-corrected chi connectivity index (χ0v) is 13.4. The van der Waals surface area contributed by atoms with Gasteiger partial charge in [-0.05, 0) is 58.2 Å². The Labute approximate surface area is 128 Å². The third-order valence-electron chi connectivity index (χ3n) is 3.29. The highest BCUT2D eigenvalue weighted by molar-refractivity contribution is 9.10. The number of halogens is 2. The van der Waals surface area contributed by atoms with Crippen LogP contribution >= 0.6 is 27.5 Å². The van der Waals surface area contributed by atoms with Gasteiger partial charge in [0.15, 0.2) is 0 Å². The maximum atomic E-state index is 6.18. The van der Waals surface area contributed by atoms with Gasteiger partial charge in [-0.25, -0.2) is 0 Å². The lowest BCUT2D eigenvalue weighted by Gasteiger charge is -2.18. The third kappa shape index (κ3) is 3.38. The number of hydrogen-bond donors (Lipinski definition) is 1. The van der Waals surface area contributed by atoms with Gasteiger partial charge in [0.1, 0.15) is 0 Å². The van der Waals surface area contributed by atoms with Crippen LogP contribution in [0.25, 0.3) is 0 Å². The van der Waals surface area contributed by atoms with Gasteiger partial charge in [-0.1, -0.05) is 48.9 Å². The number of nitrogens with one attached hydrogen (secondary N) is 1. The molecule has 0 saturated heterocycles. The van der Waals surface area contributed by atoms with Gasteiger partial charge in [0.25, 0.3) is 0 Å². The molecule has 1 N–H and O–H groups in total. The number of aryl methyl sites for hydroxylation is 1. The van der Waals surface area contributed by atoms with Crippen molar-refractivity contribution in [2.24, 2.45) is 0 Å². The molecule has 0 bridgehead atoms. The summed E-state index contributed by atoms with van der Waals surface area (Å²) in [4.78, 5) is 0. The fourth-order valence-corrected chi connectivity index (χ4v) is 2.60. The second-order valence-electron chi connectivity index (χ2n) is 4.49. The molecule has 2 aromatic rings. The van der Waals surface area contributed by atoms with E-state index in [1.807, 2.05) is 19.2 Å². The summed E-state index contributed by atoms with van der Waals surface area (Å²) in [5.74, 6) is 0. The summed E-state index contributed by atoms with van der Waals surface area (Å²) in [5, 5.41) is 4.08. The molecule has 1 atom stereocenters. The van der Waals surface area contributed by atoms with Crippen LogP contribution in [0, 0.1) is 0 Å². The Bertz CT molecular complexity index is 551. The highest BCUT2D eigenvalue weighted by atomic mass is 79.9. The molecule has 0 aliphatic heterocycles. The second-order valence-corrected chi connectivity index (χ2v) is 5.75. The molecule has 2 rings (SSSR count). The molecule has 100 valence electrons. The Hall–Kier alpha value is -0.830. The first-order valence-electron chi connectivity index (χ1n) is 6.36. The van der Waals surface area contributed by atoms with Crippen LogP contribution in [0.2, 0.25) is 5.02 Å². The van der Waals surface area contributed by atoms with Crippen molar-refractivity contribution in [2.75, 3.05) is 7.05 Å². The summed E-state index contributed by atoms with van der Waals surface area (Å²) in [6, 6.07) is 15.0. The summed E-state index contributed by atoms with van der Waals surface area (Å²) in [7, 11) is 1.97. The van der Waals surface area contributed by atoms with Crippen molar-refractivity contribution in [1.29, 1.82) is 0 Å². The lowest BCUT2D eigenvalue weighted by Crippen LogP contribution is -2.17. The van der Waals surface area contributed by atoms with Gasteiger partial charge in [-0.2, -0.15) is 0 Å². The van der Waals surface area contributed by atoms with Crippen LogP contribution in [0.5, 0.6) is 0 Å². The largest absolute Gasteiger partial charge is 0.309 e. The van der Waals surface area contributed by atoms with Gasteiger partial charge >= 0.3 is 0 Å². The minimum Gasteiger partial charge on any atom is -0.309 e. The van der Waals surface area contributed by atoms with E-state index < -0.39 is 0 Å². The lowest BCUT2D eigenvalue weighted by molar-refractivity contribution is 0.691. The fourth-order valence-electron chi connectivity index (χ4n) is 2.16. The Balaban J connectivity index is 2.34. The van der Waals surface area contributed by atoms with Crippen molar-refractivity contribution in [3.05, 3.63) is 68.7 Å². The van der Waals surface area contributed by atoms with E-state index in [1.54, 1.807) is 0 Å². The van der Waals surface area contributed by atoms with Crippen molar-refractivity contribution in [3.63, 3.8) is 0 Å². The van der Waals surface area contributed by atoms with Crippen molar-refractivity contribution in [3.8, 4) is 0 Å². The average Bonchev–Trinajstić information content (AvgIpc) is 2.44. The van der Waals surface area contributed by atoms with Crippen LogP contribution in [0.4, 0.5) is 0 Å². The predicted octanol–water partition coefficient (Wildman–Crippen LogP) is 4.97. The molecule has 3 heteroatoms. The van der Waals surface area contributed by atoms with Crippen molar-refractivity contribution >= 4 is 27.5 Å². The zero-order chi connectivity index (χ0) is 13.8. The molecule has 0 saturated carbocycles. The van der Waals surface area contributed by atoms with E-state index in [9.17, 15) is 0 Å². The SMILES string of the molecule is CCc1ccc(C(NC)c2ccc(Br)c(Cl)c2)cc1. The number of benzene rings is 2. The van der Waals surface area contributed by atoms with Gasteiger partial charge in [-0.15, -0.1) is 0 Å². The number of rotatable bonds is 4. The minimum atomic E-state index is 0.163. The second kappa shape index (κ2) is 6.56. The van der Waals surface area contributed by atoms with E-state index in [0.717, 1.165) is 15.9 Å². The Kier molecular flexibility index (Phi) is 5.03. The first-order valence-corrected chi connectivity index (χ1v) is 7.54. The quantitative estimate of drug-likeness (QED) is 0.829. The predicted molar refractivity (Wildman–Crippen MR) is 85.9 cm³/mol. The molecule has 0 heterocycles. The van der Waals surface area contributed by atoms with E-state index in [-0.39, 0.29) is 6.04 Å². The van der Waals surface area contributed by atoms with E-state index >= 15 is 0 Å². The summed E-state index contributed by atoms with van der Waals surface area (Å²) in [5.41, 5.74) is 3.77. The molecule has 0 aliphatic carbocycles. The summed E-state index contributed by atoms with van der Waals surface area (Å²) >= 11 is 9.60. The van der Waals surface area contributed by atoms with Gasteiger partial charge < -0.3 is 5.32 Å². The van der Waals surface area contributed by atoms with Gasteiger partial charge in [0, 0.05) is 4.47 Å². The third-order valence-corrected chi connectivity index (χ3v) is 4.52. The van der Waals surface area contributed by atoms with Crippen molar-refractivity contribution in [2.45, 2.75) is 19.4 Å². The summed E-state index contributed by atoms with van der Waals surface area (Å²) in [6.45, 7) is 2.17. The molecule has 19 heavy (non-hydrogen) atoms. The maximum Gasteiger partial charge on any atom is 0.0574 e. The average molecular weight is 339 g/mol. The first kappa shape index (κ1) is 14.6. The molecule has 0 amide bonds. The molecule has 0 radical (unpaired) electrons. The Morgan fingerprint density at radius 3 is 2.26 bits per heavy atom.